The molecule has 2 rings (SSSR count). The third kappa shape index (κ3) is 3.45. The van der Waals surface area contributed by atoms with E-state index < -0.39 is 0 Å². The molecule has 1 aliphatic rings. The minimum Gasteiger partial charge on any atom is -0.496 e. The molecule has 1 atom stereocenters. The van der Waals surface area contributed by atoms with Crippen LogP contribution in [0.25, 0.3) is 0 Å². The zero-order valence-corrected chi connectivity index (χ0v) is 10.4. The first-order chi connectivity index (χ1) is 8.29. The van der Waals surface area contributed by atoms with Gasteiger partial charge in [0, 0.05) is 13.1 Å². The Morgan fingerprint density at radius 3 is 2.94 bits per heavy atom. The lowest BCUT2D eigenvalue weighted by Crippen LogP contribution is -2.23. The zero-order valence-electron chi connectivity index (χ0n) is 10.4. The summed E-state index contributed by atoms with van der Waals surface area (Å²) >= 11 is 0. The molecule has 0 aromatic heterocycles. The van der Waals surface area contributed by atoms with Gasteiger partial charge in [0.05, 0.1) is 13.2 Å². The summed E-state index contributed by atoms with van der Waals surface area (Å²) in [6.07, 6.45) is 2.97. The molecule has 1 saturated heterocycles. The van der Waals surface area contributed by atoms with Crippen LogP contribution < -0.4 is 4.74 Å². The summed E-state index contributed by atoms with van der Waals surface area (Å²) in [7, 11) is 1.72. The predicted molar refractivity (Wildman–Crippen MR) is 68.4 cm³/mol. The number of benzene rings is 1. The van der Waals surface area contributed by atoms with E-state index in [1.807, 2.05) is 12.1 Å². The van der Waals surface area contributed by atoms with Crippen molar-refractivity contribution < 1.29 is 9.84 Å². The van der Waals surface area contributed by atoms with Gasteiger partial charge in [-0.25, -0.2) is 0 Å². The molecule has 0 aliphatic carbocycles. The van der Waals surface area contributed by atoms with E-state index in [0.717, 1.165) is 44.6 Å². The highest BCUT2D eigenvalue weighted by molar-refractivity contribution is 5.33. The van der Waals surface area contributed by atoms with Gasteiger partial charge in [-0.05, 0) is 37.4 Å². The van der Waals surface area contributed by atoms with Crippen LogP contribution in [0.4, 0.5) is 0 Å². The molecule has 0 unspecified atom stereocenters. The summed E-state index contributed by atoms with van der Waals surface area (Å²) in [5.74, 6) is 0.981. The molecule has 0 radical (unpaired) electrons. The summed E-state index contributed by atoms with van der Waals surface area (Å²) in [4.78, 5) is 2.33. The number of ether oxygens (including phenoxy) is 1. The van der Waals surface area contributed by atoms with Crippen molar-refractivity contribution >= 4 is 0 Å². The number of aliphatic hydroxyl groups is 1. The molecule has 1 heterocycles. The predicted octanol–water partition coefficient (Wildman–Crippen LogP) is 1.69. The Morgan fingerprint density at radius 2 is 2.24 bits per heavy atom. The number of methoxy groups -OCH3 is 1. The van der Waals surface area contributed by atoms with Crippen LogP contribution in [0, 0.1) is 0 Å². The molecule has 1 aromatic carbocycles. The smallest absolute Gasteiger partial charge is 0.122 e. The molecular weight excluding hydrogens is 214 g/mol. The van der Waals surface area contributed by atoms with Crippen molar-refractivity contribution in [3.63, 3.8) is 0 Å². The van der Waals surface area contributed by atoms with Gasteiger partial charge in [0.2, 0.25) is 0 Å². The van der Waals surface area contributed by atoms with E-state index in [1.54, 1.807) is 7.11 Å². The van der Waals surface area contributed by atoms with Gasteiger partial charge in [-0.3, -0.25) is 0 Å². The van der Waals surface area contributed by atoms with Crippen LogP contribution >= 0.6 is 0 Å². The Labute approximate surface area is 103 Å². The SMILES string of the molecule is COc1ccccc1CCCN1CC[C@H](O)C1. The van der Waals surface area contributed by atoms with Crippen molar-refractivity contribution in [1.82, 2.24) is 4.90 Å². The molecule has 1 aromatic rings. The third-order valence-corrected chi connectivity index (χ3v) is 3.36. The number of para-hydroxylation sites is 1. The molecule has 0 spiro atoms. The molecule has 0 amide bonds. The maximum Gasteiger partial charge on any atom is 0.122 e. The summed E-state index contributed by atoms with van der Waals surface area (Å²) in [5.41, 5.74) is 1.27. The molecule has 0 bridgehead atoms. The van der Waals surface area contributed by atoms with E-state index in [1.165, 1.54) is 5.56 Å². The standard InChI is InChI=1S/C14H21NO2/c1-17-14-7-3-2-5-12(14)6-4-9-15-10-8-13(16)11-15/h2-3,5,7,13,16H,4,6,8-11H2,1H3/t13-/m0/s1. The van der Waals surface area contributed by atoms with Crippen LogP contribution in [0.15, 0.2) is 24.3 Å². The lowest BCUT2D eigenvalue weighted by molar-refractivity contribution is 0.176. The van der Waals surface area contributed by atoms with Gasteiger partial charge in [-0.2, -0.15) is 0 Å². The van der Waals surface area contributed by atoms with Gasteiger partial charge in [0.15, 0.2) is 0 Å². The van der Waals surface area contributed by atoms with E-state index in [4.69, 9.17) is 4.74 Å². The van der Waals surface area contributed by atoms with Crippen LogP contribution in [0.2, 0.25) is 0 Å². The Balaban J connectivity index is 1.78. The van der Waals surface area contributed by atoms with E-state index in [2.05, 4.69) is 17.0 Å². The second-order valence-corrected chi connectivity index (χ2v) is 4.66. The van der Waals surface area contributed by atoms with E-state index in [-0.39, 0.29) is 6.10 Å². The summed E-state index contributed by atoms with van der Waals surface area (Å²) in [5, 5.41) is 9.44. The Kier molecular flexibility index (Phi) is 4.40. The molecular formula is C14H21NO2. The average molecular weight is 235 g/mol. The second kappa shape index (κ2) is 6.03. The summed E-state index contributed by atoms with van der Waals surface area (Å²) in [6, 6.07) is 8.18. The molecule has 1 fully saturated rings. The third-order valence-electron chi connectivity index (χ3n) is 3.36. The number of hydrogen-bond acceptors (Lipinski definition) is 3. The normalized spacial score (nSPS) is 20.7. The Hall–Kier alpha value is -1.06. The van der Waals surface area contributed by atoms with E-state index in [9.17, 15) is 5.11 Å². The van der Waals surface area contributed by atoms with E-state index >= 15 is 0 Å². The van der Waals surface area contributed by atoms with Gasteiger partial charge in [0.1, 0.15) is 5.75 Å². The molecule has 1 aliphatic heterocycles. The minimum atomic E-state index is -0.110. The van der Waals surface area contributed by atoms with Gasteiger partial charge in [0.25, 0.3) is 0 Å². The summed E-state index contributed by atoms with van der Waals surface area (Å²) in [6.45, 7) is 2.94. The van der Waals surface area contributed by atoms with Crippen molar-refractivity contribution in [2.45, 2.75) is 25.4 Å². The van der Waals surface area contributed by atoms with E-state index in [0.29, 0.717) is 0 Å². The van der Waals surface area contributed by atoms with Crippen molar-refractivity contribution in [2.24, 2.45) is 0 Å². The average Bonchev–Trinajstić information content (AvgIpc) is 2.76. The summed E-state index contributed by atoms with van der Waals surface area (Å²) < 4.78 is 5.33. The first kappa shape index (κ1) is 12.4. The van der Waals surface area contributed by atoms with Crippen LogP contribution in [-0.4, -0.2) is 42.9 Å². The monoisotopic (exact) mass is 235 g/mol. The van der Waals surface area contributed by atoms with Gasteiger partial charge in [-0.15, -0.1) is 0 Å². The maximum absolute atomic E-state index is 9.44. The molecule has 3 heteroatoms. The largest absolute Gasteiger partial charge is 0.496 e. The quantitative estimate of drug-likeness (QED) is 0.843. The fraction of sp³-hybridized carbons (Fsp3) is 0.571. The number of hydrogen-bond donors (Lipinski definition) is 1. The van der Waals surface area contributed by atoms with Gasteiger partial charge < -0.3 is 14.7 Å². The van der Waals surface area contributed by atoms with Gasteiger partial charge in [-0.1, -0.05) is 18.2 Å². The number of β-amino-alcohol motifs (C(OH)–C–C–N with tert-alkyl or cyclic N) is 1. The molecule has 0 saturated carbocycles. The molecule has 3 nitrogen and oxygen atoms in total. The topological polar surface area (TPSA) is 32.7 Å². The van der Waals surface area contributed by atoms with Crippen molar-refractivity contribution in [1.29, 1.82) is 0 Å². The van der Waals surface area contributed by atoms with Crippen LogP contribution in [0.1, 0.15) is 18.4 Å². The fourth-order valence-electron chi connectivity index (χ4n) is 2.42. The Morgan fingerprint density at radius 1 is 1.41 bits per heavy atom. The van der Waals surface area contributed by atoms with Crippen LogP contribution in [0.3, 0.4) is 0 Å². The van der Waals surface area contributed by atoms with Crippen LogP contribution in [0.5, 0.6) is 5.75 Å². The number of rotatable bonds is 5. The highest BCUT2D eigenvalue weighted by Crippen LogP contribution is 2.19. The Bertz CT molecular complexity index is 354. The maximum atomic E-state index is 9.44. The van der Waals surface area contributed by atoms with Crippen molar-refractivity contribution in [2.75, 3.05) is 26.7 Å². The highest BCUT2D eigenvalue weighted by atomic mass is 16.5. The molecule has 94 valence electrons. The first-order valence-electron chi connectivity index (χ1n) is 6.32. The van der Waals surface area contributed by atoms with Gasteiger partial charge >= 0.3 is 0 Å². The van der Waals surface area contributed by atoms with Crippen molar-refractivity contribution in [3.05, 3.63) is 29.8 Å². The second-order valence-electron chi connectivity index (χ2n) is 4.66. The van der Waals surface area contributed by atoms with Crippen molar-refractivity contribution in [3.8, 4) is 5.75 Å². The fourth-order valence-corrected chi connectivity index (χ4v) is 2.42. The number of nitrogens with zero attached hydrogens (tertiary/aromatic N) is 1. The number of likely N-dealkylation sites (tertiary alicyclic amines) is 1. The minimum absolute atomic E-state index is 0.110. The lowest BCUT2D eigenvalue weighted by Gasteiger charge is -2.15. The molecule has 17 heavy (non-hydrogen) atoms. The first-order valence-corrected chi connectivity index (χ1v) is 6.32. The van der Waals surface area contributed by atoms with Crippen LogP contribution in [-0.2, 0) is 6.42 Å². The number of aliphatic hydroxyl groups excluding tert-OH is 1. The molecule has 1 N–H and O–H groups in total. The zero-order chi connectivity index (χ0) is 12.1. The number of aryl methyl sites for hydroxylation is 1. The highest BCUT2D eigenvalue weighted by Gasteiger charge is 2.19. The lowest BCUT2D eigenvalue weighted by atomic mass is 10.1.